The quantitative estimate of drug-likeness (QED) is 0.549. The first kappa shape index (κ1) is 23.1. The second-order valence-corrected chi connectivity index (χ2v) is 10.8. The van der Waals surface area contributed by atoms with Crippen LogP contribution < -0.4 is 10.9 Å². The third-order valence-corrected chi connectivity index (χ3v) is 7.92. The zero-order chi connectivity index (χ0) is 25.1. The molecule has 4 fully saturated rings. The van der Waals surface area contributed by atoms with E-state index in [1.165, 1.54) is 16.7 Å². The average Bonchev–Trinajstić information content (AvgIpc) is 2.83. The van der Waals surface area contributed by atoms with E-state index in [1.807, 2.05) is 0 Å². The molecular weight excluding hydrogens is 463 g/mol. The van der Waals surface area contributed by atoms with Crippen molar-refractivity contribution in [1.29, 1.82) is 0 Å². The van der Waals surface area contributed by atoms with Gasteiger partial charge in [-0.1, -0.05) is 19.1 Å². The normalized spacial score (nSPS) is 25.3. The fourth-order valence-corrected chi connectivity index (χ4v) is 6.43. The summed E-state index contributed by atoms with van der Waals surface area (Å²) in [5, 5.41) is 14.7. The predicted molar refractivity (Wildman–Crippen MR) is 132 cm³/mol. The molecule has 4 aliphatic rings. The maximum Gasteiger partial charge on any atom is 0.268 e. The van der Waals surface area contributed by atoms with Crippen LogP contribution in [0.25, 0.3) is 22.2 Å². The van der Waals surface area contributed by atoms with Crippen molar-refractivity contribution in [3.05, 3.63) is 58.3 Å². The van der Waals surface area contributed by atoms with Crippen LogP contribution in [-0.4, -0.2) is 63.9 Å². The summed E-state index contributed by atoms with van der Waals surface area (Å²) in [4.78, 5) is 33.8. The lowest BCUT2D eigenvalue weighted by atomic mass is 9.40. The van der Waals surface area contributed by atoms with Gasteiger partial charge < -0.3 is 15.2 Å². The second-order valence-electron chi connectivity index (χ2n) is 10.8. The largest absolute Gasteiger partial charge is 0.506 e. The number of rotatable bonds is 6. The highest BCUT2D eigenvalue weighted by molar-refractivity contribution is 6.06. The van der Waals surface area contributed by atoms with Crippen LogP contribution in [0.3, 0.4) is 0 Å². The van der Waals surface area contributed by atoms with Crippen molar-refractivity contribution < 1.29 is 19.0 Å². The van der Waals surface area contributed by atoms with E-state index in [1.54, 1.807) is 24.4 Å². The van der Waals surface area contributed by atoms with E-state index >= 15 is 0 Å². The number of nitrogens with one attached hydrogen (secondary N) is 1. The number of morpholine rings is 1. The van der Waals surface area contributed by atoms with Gasteiger partial charge in [-0.3, -0.25) is 19.1 Å². The molecule has 0 unspecified atom stereocenters. The lowest BCUT2D eigenvalue weighted by Crippen LogP contribution is -2.73. The number of aromatic hydroxyl groups is 1. The number of carbonyl (C=O) groups excluding carboxylic acids is 1. The van der Waals surface area contributed by atoms with E-state index in [2.05, 4.69) is 22.1 Å². The zero-order valence-corrected chi connectivity index (χ0v) is 20.2. The number of benzene rings is 1. The van der Waals surface area contributed by atoms with Crippen LogP contribution in [0.4, 0.5) is 4.39 Å². The summed E-state index contributed by atoms with van der Waals surface area (Å²) in [5.41, 5.74) is 0.676. The SMILES string of the molecule is CC12CC(NC(=O)c3c(O)c4c(-c5ccc(F)cc5)ccnc4n(CCN4CCOCC4)c3=O)(C1)C2. The van der Waals surface area contributed by atoms with Crippen molar-refractivity contribution in [2.45, 2.75) is 38.3 Å². The average molecular weight is 493 g/mol. The lowest BCUT2D eigenvalue weighted by molar-refractivity contribution is -0.132. The smallest absolute Gasteiger partial charge is 0.268 e. The van der Waals surface area contributed by atoms with E-state index in [9.17, 15) is 19.1 Å². The van der Waals surface area contributed by atoms with Crippen LogP contribution in [0, 0.1) is 11.2 Å². The minimum absolute atomic E-state index is 0.268. The summed E-state index contributed by atoms with van der Waals surface area (Å²) >= 11 is 0. The number of fused-ring (bicyclic) bond motifs is 1. The number of aromatic nitrogens is 2. The van der Waals surface area contributed by atoms with Gasteiger partial charge in [-0.2, -0.15) is 0 Å². The van der Waals surface area contributed by atoms with E-state index in [4.69, 9.17) is 4.74 Å². The standard InChI is InChI=1S/C27H29FN4O4/c1-26-14-27(15-26,16-26)30-24(34)21-22(33)20-19(17-2-4-18(28)5-3-17)6-7-29-23(20)32(25(21)35)9-8-31-10-12-36-13-11-31/h2-7,33H,8-16H2,1H3,(H,30,34). The molecule has 1 aliphatic heterocycles. The number of nitrogens with zero attached hydrogens (tertiary/aromatic N) is 3. The van der Waals surface area contributed by atoms with Crippen LogP contribution in [0.5, 0.6) is 5.75 Å². The zero-order valence-electron chi connectivity index (χ0n) is 20.2. The Kier molecular flexibility index (Phi) is 5.38. The Morgan fingerprint density at radius 1 is 1.14 bits per heavy atom. The fraction of sp³-hybridized carbons (Fsp3) is 0.444. The molecule has 0 radical (unpaired) electrons. The first-order valence-electron chi connectivity index (χ1n) is 12.4. The molecule has 0 spiro atoms. The molecule has 2 bridgehead atoms. The molecule has 0 atom stereocenters. The third kappa shape index (κ3) is 3.77. The Morgan fingerprint density at radius 3 is 2.50 bits per heavy atom. The predicted octanol–water partition coefficient (Wildman–Crippen LogP) is 2.91. The molecule has 2 N–H and O–H groups in total. The van der Waals surface area contributed by atoms with Crippen LogP contribution in [0.15, 0.2) is 41.3 Å². The van der Waals surface area contributed by atoms with E-state index in [0.717, 1.165) is 32.4 Å². The van der Waals surface area contributed by atoms with E-state index < -0.39 is 11.5 Å². The van der Waals surface area contributed by atoms with Gasteiger partial charge in [0.05, 0.1) is 18.6 Å². The van der Waals surface area contributed by atoms with E-state index in [0.29, 0.717) is 48.5 Å². The maximum atomic E-state index is 13.7. The number of carbonyl (C=O) groups is 1. The Labute approximate surface area is 207 Å². The van der Waals surface area contributed by atoms with Crippen LogP contribution in [-0.2, 0) is 11.3 Å². The van der Waals surface area contributed by atoms with Crippen molar-refractivity contribution in [3.63, 3.8) is 0 Å². The minimum Gasteiger partial charge on any atom is -0.506 e. The number of ether oxygens (including phenoxy) is 1. The summed E-state index contributed by atoms with van der Waals surface area (Å²) in [6.45, 7) is 5.85. The van der Waals surface area contributed by atoms with Gasteiger partial charge in [0, 0.05) is 37.9 Å². The molecule has 7 rings (SSSR count). The fourth-order valence-electron chi connectivity index (χ4n) is 6.43. The van der Waals surface area contributed by atoms with Crippen molar-refractivity contribution >= 4 is 16.9 Å². The molecule has 9 heteroatoms. The molecule has 1 amide bonds. The molecule has 1 aromatic carbocycles. The van der Waals surface area contributed by atoms with Gasteiger partial charge in [-0.25, -0.2) is 9.37 Å². The van der Waals surface area contributed by atoms with Gasteiger partial charge in [0.1, 0.15) is 22.8 Å². The maximum absolute atomic E-state index is 13.7. The van der Waals surface area contributed by atoms with Crippen molar-refractivity contribution in [1.82, 2.24) is 19.8 Å². The molecule has 1 saturated heterocycles. The summed E-state index contributed by atoms with van der Waals surface area (Å²) in [5.74, 6) is -1.33. The molecule has 3 saturated carbocycles. The Balaban J connectivity index is 1.46. The van der Waals surface area contributed by atoms with E-state index in [-0.39, 0.29) is 28.1 Å². The highest BCUT2D eigenvalue weighted by atomic mass is 19.1. The second kappa shape index (κ2) is 8.38. The molecule has 8 nitrogen and oxygen atoms in total. The molecule has 3 aromatic rings. The molecule has 188 valence electrons. The first-order chi connectivity index (χ1) is 17.3. The van der Waals surface area contributed by atoms with Crippen LogP contribution >= 0.6 is 0 Å². The summed E-state index contributed by atoms with van der Waals surface area (Å²) in [6.07, 6.45) is 4.21. The van der Waals surface area contributed by atoms with Gasteiger partial charge in [0.2, 0.25) is 0 Å². The van der Waals surface area contributed by atoms with Gasteiger partial charge in [-0.05, 0) is 54.0 Å². The van der Waals surface area contributed by atoms with Gasteiger partial charge in [0.15, 0.2) is 0 Å². The minimum atomic E-state index is -0.563. The summed E-state index contributed by atoms with van der Waals surface area (Å²) in [7, 11) is 0. The Hall–Kier alpha value is -3.30. The van der Waals surface area contributed by atoms with Crippen LogP contribution in [0.1, 0.15) is 36.5 Å². The topological polar surface area (TPSA) is 96.7 Å². The van der Waals surface area contributed by atoms with Crippen molar-refractivity contribution in [2.24, 2.45) is 5.41 Å². The first-order valence-corrected chi connectivity index (χ1v) is 12.4. The van der Waals surface area contributed by atoms with Crippen molar-refractivity contribution in [2.75, 3.05) is 32.8 Å². The summed E-state index contributed by atoms with van der Waals surface area (Å²) in [6, 6.07) is 7.59. The number of hydrogen-bond donors (Lipinski definition) is 2. The monoisotopic (exact) mass is 492 g/mol. The molecule has 36 heavy (non-hydrogen) atoms. The summed E-state index contributed by atoms with van der Waals surface area (Å²) < 4.78 is 20.5. The molecule has 3 aliphatic carbocycles. The van der Waals surface area contributed by atoms with Gasteiger partial charge >= 0.3 is 0 Å². The van der Waals surface area contributed by atoms with Crippen molar-refractivity contribution in [3.8, 4) is 16.9 Å². The van der Waals surface area contributed by atoms with Gasteiger partial charge in [0.25, 0.3) is 11.5 Å². The Bertz CT molecular complexity index is 1390. The number of amides is 1. The van der Waals surface area contributed by atoms with Gasteiger partial charge in [-0.15, -0.1) is 0 Å². The highest BCUT2D eigenvalue weighted by Gasteiger charge is 2.65. The number of halogens is 1. The lowest BCUT2D eigenvalue weighted by Gasteiger charge is -2.69. The molecule has 3 heterocycles. The molecular formula is C27H29FN4O4. The van der Waals surface area contributed by atoms with Crippen LogP contribution in [0.2, 0.25) is 0 Å². The number of pyridine rings is 2. The Morgan fingerprint density at radius 2 is 1.83 bits per heavy atom. The highest BCUT2D eigenvalue weighted by Crippen LogP contribution is 2.66. The molecule has 2 aromatic heterocycles. The number of hydrogen-bond acceptors (Lipinski definition) is 6. The third-order valence-electron chi connectivity index (χ3n) is 7.92.